The van der Waals surface area contributed by atoms with E-state index in [4.69, 9.17) is 4.84 Å². The lowest BCUT2D eigenvalue weighted by atomic mass is 10.2. The van der Waals surface area contributed by atoms with Gasteiger partial charge in [0.2, 0.25) is 6.10 Å². The highest BCUT2D eigenvalue weighted by atomic mass is 19.4. The van der Waals surface area contributed by atoms with E-state index in [2.05, 4.69) is 10.3 Å². The minimum atomic E-state index is -4.61. The van der Waals surface area contributed by atoms with Gasteiger partial charge in [-0.15, -0.1) is 5.10 Å². The van der Waals surface area contributed by atoms with Gasteiger partial charge in [0, 0.05) is 0 Å². The van der Waals surface area contributed by atoms with Crippen molar-refractivity contribution in [1.82, 2.24) is 20.5 Å². The van der Waals surface area contributed by atoms with Crippen LogP contribution in [0.2, 0.25) is 0 Å². The number of amides is 1. The maximum Gasteiger partial charge on any atom is 0.416 e. The number of fused-ring (bicyclic) bond motifs is 1. The first-order chi connectivity index (χ1) is 11.0. The third-order valence-corrected chi connectivity index (χ3v) is 2.83. The fourth-order valence-corrected chi connectivity index (χ4v) is 1.68. The third-order valence-electron chi connectivity index (χ3n) is 2.83. The molecule has 0 spiro atoms. The summed E-state index contributed by atoms with van der Waals surface area (Å²) in [4.78, 5) is 17.0. The van der Waals surface area contributed by atoms with E-state index in [0.29, 0.717) is 10.9 Å². The number of rotatable bonds is 4. The van der Waals surface area contributed by atoms with Gasteiger partial charge in [-0.05, 0) is 30.3 Å². The molecule has 0 aliphatic heterocycles. The molecule has 0 saturated carbocycles. The summed E-state index contributed by atoms with van der Waals surface area (Å²) in [7, 11) is 0. The molecule has 0 bridgehead atoms. The molecule has 1 aromatic carbocycles. The predicted molar refractivity (Wildman–Crippen MR) is 67.6 cm³/mol. The Bertz CT molecular complexity index is 739. The SMILES string of the molecule is CC(On1nnc2ccc(C(F)(F)F)cc21)C(=O)NCC(F)(F)F. The van der Waals surface area contributed by atoms with Gasteiger partial charge >= 0.3 is 12.4 Å². The molecule has 24 heavy (non-hydrogen) atoms. The molecule has 132 valence electrons. The number of benzene rings is 1. The van der Waals surface area contributed by atoms with Crippen LogP contribution >= 0.6 is 0 Å². The van der Waals surface area contributed by atoms with Gasteiger partial charge in [-0.2, -0.15) is 26.3 Å². The van der Waals surface area contributed by atoms with E-state index in [0.717, 1.165) is 19.1 Å². The predicted octanol–water partition coefficient (Wildman–Crippen LogP) is 1.95. The first-order valence-electron chi connectivity index (χ1n) is 6.41. The van der Waals surface area contributed by atoms with Crippen LogP contribution in [-0.4, -0.2) is 39.9 Å². The van der Waals surface area contributed by atoms with Crippen molar-refractivity contribution < 1.29 is 36.0 Å². The molecule has 2 rings (SSSR count). The second-order valence-electron chi connectivity index (χ2n) is 4.74. The van der Waals surface area contributed by atoms with Crippen LogP contribution < -0.4 is 10.2 Å². The van der Waals surface area contributed by atoms with E-state index < -0.39 is 36.5 Å². The molecule has 0 radical (unpaired) electrons. The largest absolute Gasteiger partial charge is 0.416 e. The summed E-state index contributed by atoms with van der Waals surface area (Å²) in [5.41, 5.74) is -1.11. The topological polar surface area (TPSA) is 69.0 Å². The number of hydrogen-bond acceptors (Lipinski definition) is 4. The number of halogens is 6. The van der Waals surface area contributed by atoms with Gasteiger partial charge in [-0.25, -0.2) is 0 Å². The van der Waals surface area contributed by atoms with Crippen molar-refractivity contribution in [2.45, 2.75) is 25.4 Å². The van der Waals surface area contributed by atoms with Crippen LogP contribution in [0.4, 0.5) is 26.3 Å². The molecule has 1 heterocycles. The molecule has 0 aliphatic rings. The molecule has 12 heteroatoms. The Labute approximate surface area is 130 Å². The molecule has 0 fully saturated rings. The van der Waals surface area contributed by atoms with Crippen LogP contribution in [0.5, 0.6) is 0 Å². The summed E-state index contributed by atoms with van der Waals surface area (Å²) < 4.78 is 74.2. The van der Waals surface area contributed by atoms with Crippen LogP contribution in [0.3, 0.4) is 0 Å². The molecule has 1 unspecified atom stereocenters. The molecule has 0 aliphatic carbocycles. The fraction of sp³-hybridized carbons (Fsp3) is 0.417. The van der Waals surface area contributed by atoms with Crippen molar-refractivity contribution in [3.63, 3.8) is 0 Å². The highest BCUT2D eigenvalue weighted by molar-refractivity contribution is 5.80. The molecular weight excluding hydrogens is 346 g/mol. The highest BCUT2D eigenvalue weighted by Crippen LogP contribution is 2.30. The van der Waals surface area contributed by atoms with Gasteiger partial charge in [0.1, 0.15) is 17.6 Å². The third kappa shape index (κ3) is 4.26. The van der Waals surface area contributed by atoms with E-state index in [1.165, 1.54) is 0 Å². The van der Waals surface area contributed by atoms with Crippen LogP contribution in [0.25, 0.3) is 11.0 Å². The van der Waals surface area contributed by atoms with E-state index in [1.807, 2.05) is 0 Å². The van der Waals surface area contributed by atoms with Gasteiger partial charge in [0.05, 0.1) is 5.56 Å². The summed E-state index contributed by atoms with van der Waals surface area (Å²) in [5, 5.41) is 8.56. The van der Waals surface area contributed by atoms with E-state index >= 15 is 0 Å². The maximum absolute atomic E-state index is 12.7. The molecule has 1 aromatic heterocycles. The monoisotopic (exact) mass is 356 g/mol. The zero-order valence-electron chi connectivity index (χ0n) is 11.9. The van der Waals surface area contributed by atoms with Gasteiger partial charge in [0.25, 0.3) is 5.91 Å². The Morgan fingerprint density at radius 2 is 1.96 bits per heavy atom. The zero-order valence-corrected chi connectivity index (χ0v) is 11.9. The fourth-order valence-electron chi connectivity index (χ4n) is 1.68. The van der Waals surface area contributed by atoms with Crippen LogP contribution in [0.15, 0.2) is 18.2 Å². The quantitative estimate of drug-likeness (QED) is 0.851. The molecular formula is C12H10F6N4O2. The molecule has 2 aromatic rings. The maximum atomic E-state index is 12.7. The molecule has 1 amide bonds. The number of carbonyl (C=O) groups excluding carboxylic acids is 1. The smallest absolute Gasteiger partial charge is 0.382 e. The molecule has 1 N–H and O–H groups in total. The Morgan fingerprint density at radius 3 is 2.54 bits per heavy atom. The lowest BCUT2D eigenvalue weighted by Gasteiger charge is -2.15. The minimum Gasteiger partial charge on any atom is -0.382 e. The number of nitrogens with one attached hydrogen (secondary N) is 1. The Balaban J connectivity index is 2.16. The van der Waals surface area contributed by atoms with Crippen molar-refractivity contribution >= 4 is 16.9 Å². The van der Waals surface area contributed by atoms with Crippen molar-refractivity contribution in [2.75, 3.05) is 6.54 Å². The lowest BCUT2D eigenvalue weighted by Crippen LogP contribution is -2.43. The summed E-state index contributed by atoms with van der Waals surface area (Å²) in [6, 6.07) is 2.55. The summed E-state index contributed by atoms with van der Waals surface area (Å²) in [6.45, 7) is -0.442. The van der Waals surface area contributed by atoms with Gasteiger partial charge < -0.3 is 10.2 Å². The van der Waals surface area contributed by atoms with Crippen molar-refractivity contribution in [3.8, 4) is 0 Å². The van der Waals surface area contributed by atoms with E-state index in [9.17, 15) is 31.1 Å². The Morgan fingerprint density at radius 1 is 1.29 bits per heavy atom. The van der Waals surface area contributed by atoms with Gasteiger partial charge in [-0.1, -0.05) is 4.85 Å². The molecule has 1 atom stereocenters. The average molecular weight is 356 g/mol. The minimum absolute atomic E-state index is 0.0610. The molecule has 6 nitrogen and oxygen atoms in total. The highest BCUT2D eigenvalue weighted by Gasteiger charge is 2.32. The standard InChI is InChI=1S/C12H10F6N4O2/c1-6(10(23)19-5-11(13,14)15)24-22-9-4-7(12(16,17)18)2-3-8(9)20-21-22/h2-4,6H,5H2,1H3,(H,19,23). The van der Waals surface area contributed by atoms with Gasteiger partial charge in [-0.3, -0.25) is 4.79 Å². The summed E-state index contributed by atoms with van der Waals surface area (Å²) in [6.07, 6.45) is -10.7. The van der Waals surface area contributed by atoms with Crippen LogP contribution in [0.1, 0.15) is 12.5 Å². The summed E-state index contributed by atoms with van der Waals surface area (Å²) in [5.74, 6) is -1.11. The average Bonchev–Trinajstić information content (AvgIpc) is 2.85. The number of nitrogens with zero attached hydrogens (tertiary/aromatic N) is 3. The Hall–Kier alpha value is -2.53. The van der Waals surface area contributed by atoms with Crippen molar-refractivity contribution in [3.05, 3.63) is 23.8 Å². The number of aromatic nitrogens is 3. The number of carbonyl (C=O) groups is 1. The Kier molecular flexibility index (Phi) is 4.58. The van der Waals surface area contributed by atoms with Gasteiger partial charge in [0.15, 0.2) is 0 Å². The first kappa shape index (κ1) is 17.8. The zero-order chi connectivity index (χ0) is 18.1. The second kappa shape index (κ2) is 6.17. The second-order valence-corrected chi connectivity index (χ2v) is 4.74. The van der Waals surface area contributed by atoms with Crippen LogP contribution in [0, 0.1) is 0 Å². The normalized spacial score (nSPS) is 13.8. The summed E-state index contributed by atoms with van der Waals surface area (Å²) >= 11 is 0. The number of alkyl halides is 6. The van der Waals surface area contributed by atoms with E-state index in [-0.39, 0.29) is 11.0 Å². The molecule has 0 saturated heterocycles. The number of hydrogen-bond donors (Lipinski definition) is 1. The first-order valence-corrected chi connectivity index (χ1v) is 6.41. The van der Waals surface area contributed by atoms with Crippen LogP contribution in [-0.2, 0) is 11.0 Å². The van der Waals surface area contributed by atoms with E-state index in [1.54, 1.807) is 5.32 Å². The van der Waals surface area contributed by atoms with Crippen molar-refractivity contribution in [2.24, 2.45) is 0 Å². The lowest BCUT2D eigenvalue weighted by molar-refractivity contribution is -0.145. The van der Waals surface area contributed by atoms with Crippen molar-refractivity contribution in [1.29, 1.82) is 0 Å².